The number of benzene rings is 2. The van der Waals surface area contributed by atoms with Gasteiger partial charge in [-0.15, -0.1) is 0 Å². The first kappa shape index (κ1) is 17.0. The molecule has 0 aliphatic heterocycles. The monoisotopic (exact) mass is 337 g/mol. The van der Waals surface area contributed by atoms with Gasteiger partial charge in [0, 0.05) is 6.26 Å². The maximum absolute atomic E-state index is 13.7. The number of methoxy groups -OCH3 is 1. The quantitative estimate of drug-likeness (QED) is 0.851. The summed E-state index contributed by atoms with van der Waals surface area (Å²) in [5.41, 5.74) is 0.530. The molecule has 0 fully saturated rings. The third kappa shape index (κ3) is 4.53. The number of ether oxygens (including phenoxy) is 1. The van der Waals surface area contributed by atoms with Crippen LogP contribution < -0.4 is 10.1 Å². The van der Waals surface area contributed by atoms with E-state index in [-0.39, 0.29) is 17.0 Å². The number of halogens is 1. The molecule has 2 aromatic rings. The lowest BCUT2D eigenvalue weighted by Crippen LogP contribution is -2.16. The van der Waals surface area contributed by atoms with Crippen molar-refractivity contribution in [3.63, 3.8) is 0 Å². The molecule has 122 valence electrons. The second-order valence-corrected chi connectivity index (χ2v) is 7.01. The number of rotatable bonds is 5. The molecule has 0 radical (unpaired) electrons. The molecule has 2 aromatic carbocycles. The topological polar surface area (TPSA) is 72.5 Å². The molecule has 0 aromatic heterocycles. The van der Waals surface area contributed by atoms with Gasteiger partial charge in [0.05, 0.1) is 24.1 Å². The highest BCUT2D eigenvalue weighted by atomic mass is 32.2. The van der Waals surface area contributed by atoms with Gasteiger partial charge in [-0.2, -0.15) is 0 Å². The van der Waals surface area contributed by atoms with Crippen LogP contribution in [0.3, 0.4) is 0 Å². The minimum Gasteiger partial charge on any atom is -0.497 e. The zero-order valence-electron chi connectivity index (χ0n) is 12.7. The van der Waals surface area contributed by atoms with E-state index in [1.165, 1.54) is 7.11 Å². The van der Waals surface area contributed by atoms with Gasteiger partial charge in [-0.25, -0.2) is 12.8 Å². The maximum Gasteiger partial charge on any atom is 0.228 e. The standard InChI is InChI=1S/C16H16FNO4S/c1-22-12-5-3-4-11(8-12)9-16(19)18-15-10-13(23(2,20)21)6-7-14(15)17/h3-8,10H,9H2,1-2H3,(H,18,19). The van der Waals surface area contributed by atoms with E-state index < -0.39 is 21.6 Å². The van der Waals surface area contributed by atoms with Crippen molar-refractivity contribution in [2.45, 2.75) is 11.3 Å². The average Bonchev–Trinajstić information content (AvgIpc) is 2.48. The largest absolute Gasteiger partial charge is 0.497 e. The van der Waals surface area contributed by atoms with Gasteiger partial charge in [0.25, 0.3) is 0 Å². The van der Waals surface area contributed by atoms with Crippen LogP contribution in [-0.2, 0) is 21.1 Å². The lowest BCUT2D eigenvalue weighted by atomic mass is 10.1. The van der Waals surface area contributed by atoms with Crippen LogP contribution >= 0.6 is 0 Å². The fraction of sp³-hybridized carbons (Fsp3) is 0.188. The first-order valence-corrected chi connectivity index (χ1v) is 8.61. The summed E-state index contributed by atoms with van der Waals surface area (Å²) in [7, 11) is -1.96. The van der Waals surface area contributed by atoms with Gasteiger partial charge < -0.3 is 10.1 Å². The van der Waals surface area contributed by atoms with Crippen LogP contribution in [0.15, 0.2) is 47.4 Å². The summed E-state index contributed by atoms with van der Waals surface area (Å²) in [5.74, 6) is -0.542. The molecule has 0 unspecified atom stereocenters. The smallest absolute Gasteiger partial charge is 0.228 e. The third-order valence-corrected chi connectivity index (χ3v) is 4.25. The molecule has 0 saturated carbocycles. The van der Waals surface area contributed by atoms with E-state index in [1.807, 2.05) is 0 Å². The van der Waals surface area contributed by atoms with E-state index in [0.717, 1.165) is 24.5 Å². The highest BCUT2D eigenvalue weighted by molar-refractivity contribution is 7.90. The van der Waals surface area contributed by atoms with E-state index >= 15 is 0 Å². The number of carbonyl (C=O) groups is 1. The predicted octanol–water partition coefficient (Wildman–Crippen LogP) is 2.42. The van der Waals surface area contributed by atoms with E-state index in [2.05, 4.69) is 5.32 Å². The molecule has 7 heteroatoms. The molecule has 0 bridgehead atoms. The molecular weight excluding hydrogens is 321 g/mol. The fourth-order valence-corrected chi connectivity index (χ4v) is 2.64. The van der Waals surface area contributed by atoms with Crippen molar-refractivity contribution in [2.24, 2.45) is 0 Å². The zero-order chi connectivity index (χ0) is 17.0. The Balaban J connectivity index is 2.16. The van der Waals surface area contributed by atoms with Crippen molar-refractivity contribution in [3.05, 3.63) is 53.8 Å². The van der Waals surface area contributed by atoms with Crippen LogP contribution in [0, 0.1) is 5.82 Å². The molecule has 23 heavy (non-hydrogen) atoms. The van der Waals surface area contributed by atoms with Crippen molar-refractivity contribution in [1.29, 1.82) is 0 Å². The normalized spacial score (nSPS) is 11.1. The van der Waals surface area contributed by atoms with Crippen LogP contribution in [-0.4, -0.2) is 27.7 Å². The van der Waals surface area contributed by atoms with E-state index in [9.17, 15) is 17.6 Å². The van der Waals surface area contributed by atoms with Crippen LogP contribution in [0.2, 0.25) is 0 Å². The number of hydrogen-bond acceptors (Lipinski definition) is 4. The summed E-state index contributed by atoms with van der Waals surface area (Å²) in [6.07, 6.45) is 1.03. The zero-order valence-corrected chi connectivity index (χ0v) is 13.5. The first-order chi connectivity index (χ1) is 10.8. The average molecular weight is 337 g/mol. The predicted molar refractivity (Wildman–Crippen MR) is 84.8 cm³/mol. The number of sulfone groups is 1. The van der Waals surface area contributed by atoms with Crippen LogP contribution in [0.1, 0.15) is 5.56 Å². The second-order valence-electron chi connectivity index (χ2n) is 4.99. The fourth-order valence-electron chi connectivity index (χ4n) is 1.99. The number of nitrogens with one attached hydrogen (secondary N) is 1. The number of amides is 1. The molecule has 2 rings (SSSR count). The van der Waals surface area contributed by atoms with Crippen LogP contribution in [0.4, 0.5) is 10.1 Å². The SMILES string of the molecule is COc1cccc(CC(=O)Nc2cc(S(C)(=O)=O)ccc2F)c1. The Morgan fingerprint density at radius 3 is 2.61 bits per heavy atom. The molecule has 1 N–H and O–H groups in total. The molecule has 0 spiro atoms. The van der Waals surface area contributed by atoms with E-state index in [0.29, 0.717) is 11.3 Å². The Hall–Kier alpha value is -2.41. The Kier molecular flexibility index (Phi) is 5.00. The van der Waals surface area contributed by atoms with Crippen molar-refractivity contribution in [1.82, 2.24) is 0 Å². The van der Waals surface area contributed by atoms with Crippen LogP contribution in [0.5, 0.6) is 5.75 Å². The Morgan fingerprint density at radius 2 is 1.96 bits per heavy atom. The highest BCUT2D eigenvalue weighted by Crippen LogP contribution is 2.20. The Morgan fingerprint density at radius 1 is 1.22 bits per heavy atom. The maximum atomic E-state index is 13.7. The molecule has 0 aliphatic carbocycles. The molecule has 5 nitrogen and oxygen atoms in total. The van der Waals surface area contributed by atoms with Gasteiger partial charge in [-0.05, 0) is 35.9 Å². The summed E-state index contributed by atoms with van der Waals surface area (Å²) in [6, 6.07) is 10.2. The molecule has 0 saturated heterocycles. The number of hydrogen-bond donors (Lipinski definition) is 1. The van der Waals surface area contributed by atoms with Gasteiger partial charge in [0.15, 0.2) is 9.84 Å². The lowest BCUT2D eigenvalue weighted by molar-refractivity contribution is -0.115. The number of anilines is 1. The third-order valence-electron chi connectivity index (χ3n) is 3.14. The van der Waals surface area contributed by atoms with Crippen molar-refractivity contribution in [3.8, 4) is 5.75 Å². The van der Waals surface area contributed by atoms with Gasteiger partial charge >= 0.3 is 0 Å². The minimum atomic E-state index is -3.48. The minimum absolute atomic E-state index is 0.0136. The van der Waals surface area contributed by atoms with E-state index in [1.54, 1.807) is 24.3 Å². The summed E-state index contributed by atoms with van der Waals surface area (Å²) in [5, 5.41) is 2.39. The second kappa shape index (κ2) is 6.78. The molecule has 0 heterocycles. The van der Waals surface area contributed by atoms with Gasteiger partial charge in [0.1, 0.15) is 11.6 Å². The molecule has 0 aliphatic rings. The lowest BCUT2D eigenvalue weighted by Gasteiger charge is -2.09. The van der Waals surface area contributed by atoms with Crippen molar-refractivity contribution < 1.29 is 22.3 Å². The van der Waals surface area contributed by atoms with Crippen molar-refractivity contribution >= 4 is 21.4 Å². The molecule has 1 amide bonds. The summed E-state index contributed by atoms with van der Waals surface area (Å²) >= 11 is 0. The summed E-state index contributed by atoms with van der Waals surface area (Å²) in [4.78, 5) is 12.0. The van der Waals surface area contributed by atoms with Crippen molar-refractivity contribution in [2.75, 3.05) is 18.7 Å². The van der Waals surface area contributed by atoms with Gasteiger partial charge in [-0.3, -0.25) is 4.79 Å². The highest BCUT2D eigenvalue weighted by Gasteiger charge is 2.13. The van der Waals surface area contributed by atoms with Crippen LogP contribution in [0.25, 0.3) is 0 Å². The number of carbonyl (C=O) groups excluding carboxylic acids is 1. The molecular formula is C16H16FNO4S. The summed E-state index contributed by atoms with van der Waals surface area (Å²) in [6.45, 7) is 0. The van der Waals surface area contributed by atoms with E-state index in [4.69, 9.17) is 4.74 Å². The summed E-state index contributed by atoms with van der Waals surface area (Å²) < 4.78 is 41.8. The Labute approximate surface area is 134 Å². The molecule has 0 atom stereocenters. The Bertz CT molecular complexity index is 834. The van der Waals surface area contributed by atoms with Gasteiger partial charge in [-0.1, -0.05) is 12.1 Å². The first-order valence-electron chi connectivity index (χ1n) is 6.72. The van der Waals surface area contributed by atoms with Gasteiger partial charge in [0.2, 0.25) is 5.91 Å².